The maximum atomic E-state index is 13.5. The predicted octanol–water partition coefficient (Wildman–Crippen LogP) is 6.27. The number of imidazole rings is 1. The number of aromatic nitrogens is 2. The molecule has 37 heavy (non-hydrogen) atoms. The van der Waals surface area contributed by atoms with Gasteiger partial charge in [0.2, 0.25) is 5.91 Å². The van der Waals surface area contributed by atoms with Gasteiger partial charge in [0.25, 0.3) is 0 Å². The number of hydrogen-bond donors (Lipinski definition) is 1. The number of alkyl halides is 1. The first-order valence-corrected chi connectivity index (χ1v) is 14.0. The molecule has 2 fully saturated rings. The average Bonchev–Trinajstić information content (AvgIpc) is 3.52. The van der Waals surface area contributed by atoms with Crippen LogP contribution < -0.4 is 4.90 Å². The number of carbonyl (C=O) groups excluding carboxylic acids is 1. The normalized spacial score (nSPS) is 22.5. The molecule has 2 saturated heterocycles. The van der Waals surface area contributed by atoms with E-state index in [0.29, 0.717) is 29.3 Å². The van der Waals surface area contributed by atoms with Crippen molar-refractivity contribution in [3.05, 3.63) is 69.7 Å². The molecule has 194 valence electrons. The molecule has 2 aromatic carbocycles. The quantitative estimate of drug-likeness (QED) is 0.414. The Morgan fingerprint density at radius 2 is 1.70 bits per heavy atom. The van der Waals surface area contributed by atoms with Gasteiger partial charge in [0.1, 0.15) is 6.17 Å². The molecule has 1 N–H and O–H groups in total. The number of carbonyl (C=O) groups is 1. The summed E-state index contributed by atoms with van der Waals surface area (Å²) in [5.74, 6) is 0.105. The summed E-state index contributed by atoms with van der Waals surface area (Å²) in [6, 6.07) is 12.4. The molecule has 1 unspecified atom stereocenters. The number of hydrogen-bond acceptors (Lipinski definition) is 3. The highest BCUT2D eigenvalue weighted by molar-refractivity contribution is 6.36. The van der Waals surface area contributed by atoms with Crippen molar-refractivity contribution in [3.8, 4) is 11.1 Å². The van der Waals surface area contributed by atoms with E-state index in [2.05, 4.69) is 44.0 Å². The molecule has 1 aromatic heterocycles. The number of piperidine rings is 1. The largest absolute Gasteiger partial charge is 0.371 e. The number of anilines is 1. The van der Waals surface area contributed by atoms with Gasteiger partial charge in [-0.15, -0.1) is 0 Å². The lowest BCUT2D eigenvalue weighted by Crippen LogP contribution is -2.41. The van der Waals surface area contributed by atoms with Crippen molar-refractivity contribution in [1.82, 2.24) is 14.9 Å². The van der Waals surface area contributed by atoms with Crippen LogP contribution in [-0.4, -0.2) is 52.6 Å². The third kappa shape index (κ3) is 4.98. The van der Waals surface area contributed by atoms with Crippen molar-refractivity contribution >= 4 is 34.8 Å². The number of aromatic amines is 1. The molecule has 3 aliphatic rings. The van der Waals surface area contributed by atoms with E-state index >= 15 is 0 Å². The van der Waals surface area contributed by atoms with Crippen LogP contribution in [-0.2, 0) is 24.1 Å². The van der Waals surface area contributed by atoms with Crippen molar-refractivity contribution in [2.45, 2.75) is 57.2 Å². The zero-order chi connectivity index (χ0) is 25.5. The van der Waals surface area contributed by atoms with Crippen molar-refractivity contribution in [1.29, 1.82) is 0 Å². The van der Waals surface area contributed by atoms with Crippen LogP contribution in [0.4, 0.5) is 10.1 Å². The SMILES string of the molecule is O=C1[C@H](Cc2c(Cl)cc(-c3ccc(N4CCC(F)CC4)cc3)cc2Cl)CCN1C1CCc2nc[nH]c2C1. The summed E-state index contributed by atoms with van der Waals surface area (Å²) < 4.78 is 13.5. The molecule has 5 nitrogen and oxygen atoms in total. The summed E-state index contributed by atoms with van der Waals surface area (Å²) in [6.07, 6.45) is 6.33. The number of fused-ring (bicyclic) bond motifs is 1. The first kappa shape index (κ1) is 24.7. The highest BCUT2D eigenvalue weighted by Gasteiger charge is 2.38. The number of nitrogens with zero attached hydrogens (tertiary/aromatic N) is 3. The van der Waals surface area contributed by atoms with Crippen LogP contribution in [0.2, 0.25) is 10.0 Å². The molecule has 0 spiro atoms. The van der Waals surface area contributed by atoms with Crippen molar-refractivity contribution in [2.24, 2.45) is 5.92 Å². The number of aryl methyl sites for hydroxylation is 1. The Kier molecular flexibility index (Phi) is 6.89. The van der Waals surface area contributed by atoms with E-state index in [-0.39, 0.29) is 17.9 Å². The first-order valence-electron chi connectivity index (χ1n) is 13.2. The fourth-order valence-electron chi connectivity index (χ4n) is 6.15. The molecular weight excluding hydrogens is 510 g/mol. The van der Waals surface area contributed by atoms with Gasteiger partial charge in [-0.1, -0.05) is 35.3 Å². The molecule has 0 radical (unpaired) electrons. The van der Waals surface area contributed by atoms with E-state index in [1.807, 2.05) is 12.1 Å². The highest BCUT2D eigenvalue weighted by atomic mass is 35.5. The fraction of sp³-hybridized carbons (Fsp3) is 0.448. The van der Waals surface area contributed by atoms with Gasteiger partial charge < -0.3 is 14.8 Å². The smallest absolute Gasteiger partial charge is 0.226 e. The zero-order valence-electron chi connectivity index (χ0n) is 20.7. The van der Waals surface area contributed by atoms with Gasteiger partial charge in [0, 0.05) is 59.4 Å². The van der Waals surface area contributed by atoms with Gasteiger partial charge in [0.15, 0.2) is 0 Å². The van der Waals surface area contributed by atoms with Crippen LogP contribution in [0.3, 0.4) is 0 Å². The summed E-state index contributed by atoms with van der Waals surface area (Å²) in [6.45, 7) is 2.27. The summed E-state index contributed by atoms with van der Waals surface area (Å²) in [5.41, 5.74) is 6.22. The van der Waals surface area contributed by atoms with Crippen molar-refractivity contribution in [2.75, 3.05) is 24.5 Å². The second-order valence-electron chi connectivity index (χ2n) is 10.6. The summed E-state index contributed by atoms with van der Waals surface area (Å²) >= 11 is 13.5. The van der Waals surface area contributed by atoms with Gasteiger partial charge in [-0.25, -0.2) is 9.37 Å². The summed E-state index contributed by atoms with van der Waals surface area (Å²) in [5, 5.41) is 1.20. The van der Waals surface area contributed by atoms with Crippen LogP contribution in [0.25, 0.3) is 11.1 Å². The topological polar surface area (TPSA) is 52.2 Å². The maximum absolute atomic E-state index is 13.5. The van der Waals surface area contributed by atoms with Crippen LogP contribution in [0.15, 0.2) is 42.7 Å². The molecule has 8 heteroatoms. The Morgan fingerprint density at radius 1 is 0.973 bits per heavy atom. The van der Waals surface area contributed by atoms with Gasteiger partial charge in [-0.2, -0.15) is 0 Å². The van der Waals surface area contributed by atoms with Crippen LogP contribution >= 0.6 is 23.2 Å². The van der Waals surface area contributed by atoms with Crippen LogP contribution in [0.1, 0.15) is 42.6 Å². The second kappa shape index (κ2) is 10.3. The van der Waals surface area contributed by atoms with Gasteiger partial charge in [-0.05, 0) is 79.5 Å². The zero-order valence-corrected chi connectivity index (χ0v) is 22.2. The third-order valence-electron chi connectivity index (χ3n) is 8.34. The Labute approximate surface area is 227 Å². The molecule has 0 saturated carbocycles. The molecule has 3 heterocycles. The predicted molar refractivity (Wildman–Crippen MR) is 146 cm³/mol. The average molecular weight is 541 g/mol. The molecule has 6 rings (SSSR count). The lowest BCUT2D eigenvalue weighted by atomic mass is 9.94. The molecule has 1 amide bonds. The van der Waals surface area contributed by atoms with E-state index in [1.165, 1.54) is 0 Å². The standard InChI is InChI=1S/C29H31Cl2FN4O/c30-25-14-20(18-1-3-22(4-2-18)35-10-8-21(32)9-11-35)15-26(31)24(25)13-19-7-12-36(29(19)37)23-5-6-27-28(16-23)34-17-33-27/h1-4,14-15,17,19,21,23H,5-13,16H2,(H,33,34)/t19-,23?/m0/s1. The Morgan fingerprint density at radius 3 is 2.43 bits per heavy atom. The highest BCUT2D eigenvalue weighted by Crippen LogP contribution is 2.37. The van der Waals surface area contributed by atoms with Gasteiger partial charge in [0.05, 0.1) is 12.0 Å². The number of amides is 1. The molecule has 1 aliphatic carbocycles. The Balaban J connectivity index is 1.13. The fourth-order valence-corrected chi connectivity index (χ4v) is 6.79. The molecule has 2 atom stereocenters. The lowest BCUT2D eigenvalue weighted by Gasteiger charge is -2.31. The number of nitrogens with one attached hydrogen (secondary N) is 1. The number of rotatable bonds is 5. The van der Waals surface area contributed by atoms with Crippen LogP contribution in [0, 0.1) is 5.92 Å². The number of benzene rings is 2. The summed E-state index contributed by atoms with van der Waals surface area (Å²) in [4.78, 5) is 25.2. The third-order valence-corrected chi connectivity index (χ3v) is 9.01. The minimum atomic E-state index is -0.682. The van der Waals surface area contributed by atoms with E-state index in [9.17, 15) is 9.18 Å². The molecular formula is C29H31Cl2FN4O. The monoisotopic (exact) mass is 540 g/mol. The van der Waals surface area contributed by atoms with Gasteiger partial charge in [-0.3, -0.25) is 4.79 Å². The van der Waals surface area contributed by atoms with E-state index < -0.39 is 6.17 Å². The first-order chi connectivity index (χ1) is 18.0. The van der Waals surface area contributed by atoms with Crippen LogP contribution in [0.5, 0.6) is 0 Å². The van der Waals surface area contributed by atoms with Gasteiger partial charge >= 0.3 is 0 Å². The maximum Gasteiger partial charge on any atom is 0.226 e. The number of likely N-dealkylation sites (tertiary alicyclic amines) is 1. The van der Waals surface area contributed by atoms with E-state index in [1.54, 1.807) is 6.33 Å². The minimum Gasteiger partial charge on any atom is -0.371 e. The molecule has 0 bridgehead atoms. The van der Waals surface area contributed by atoms with E-state index in [4.69, 9.17) is 23.2 Å². The van der Waals surface area contributed by atoms with Crippen molar-refractivity contribution in [3.63, 3.8) is 0 Å². The Bertz CT molecular complexity index is 1260. The summed E-state index contributed by atoms with van der Waals surface area (Å²) in [7, 11) is 0. The minimum absolute atomic E-state index is 0.100. The molecule has 3 aromatic rings. The number of halogens is 3. The van der Waals surface area contributed by atoms with Crippen molar-refractivity contribution < 1.29 is 9.18 Å². The van der Waals surface area contributed by atoms with E-state index in [0.717, 1.165) is 79.1 Å². The Hall–Kier alpha value is -2.57. The number of H-pyrrole nitrogens is 1. The second-order valence-corrected chi connectivity index (χ2v) is 11.4. The molecule has 2 aliphatic heterocycles. The lowest BCUT2D eigenvalue weighted by molar-refractivity contribution is -0.133.